The molecule has 3 atom stereocenters. The minimum atomic E-state index is 0.247. The van der Waals surface area contributed by atoms with E-state index in [0.29, 0.717) is 17.7 Å². The first-order valence-electron chi connectivity index (χ1n) is 8.14. The first kappa shape index (κ1) is 12.7. The zero-order chi connectivity index (χ0) is 13.9. The number of fused-ring (bicyclic) bond motifs is 4. The SMILES string of the molecule is C[C@H]1C2Cc3ccc(O)cc3[C@@]1(C)CCN2CC1CC1. The molecule has 108 valence electrons. The number of aromatic hydroxyl groups is 1. The summed E-state index contributed by atoms with van der Waals surface area (Å²) < 4.78 is 0. The Morgan fingerprint density at radius 1 is 1.35 bits per heavy atom. The van der Waals surface area contributed by atoms with Gasteiger partial charge in [0.05, 0.1) is 0 Å². The van der Waals surface area contributed by atoms with Gasteiger partial charge in [-0.2, -0.15) is 0 Å². The molecule has 1 saturated heterocycles. The van der Waals surface area contributed by atoms with Crippen LogP contribution >= 0.6 is 0 Å². The molecule has 0 aromatic heterocycles. The molecule has 4 rings (SSSR count). The summed E-state index contributed by atoms with van der Waals surface area (Å²) in [6, 6.07) is 6.74. The Morgan fingerprint density at radius 3 is 2.90 bits per heavy atom. The van der Waals surface area contributed by atoms with E-state index in [4.69, 9.17) is 0 Å². The maximum Gasteiger partial charge on any atom is 0.115 e. The Bertz CT molecular complexity index is 536. The molecule has 1 aliphatic heterocycles. The minimum Gasteiger partial charge on any atom is -0.508 e. The summed E-state index contributed by atoms with van der Waals surface area (Å²) in [7, 11) is 0. The van der Waals surface area contributed by atoms with Crippen LogP contribution < -0.4 is 0 Å². The second-order valence-electron chi connectivity index (χ2n) is 7.51. The lowest BCUT2D eigenvalue weighted by molar-refractivity contribution is 0.0283. The molecule has 0 amide bonds. The summed E-state index contributed by atoms with van der Waals surface area (Å²) in [5.74, 6) is 2.09. The van der Waals surface area contributed by atoms with Crippen LogP contribution in [0.2, 0.25) is 0 Å². The minimum absolute atomic E-state index is 0.247. The Labute approximate surface area is 121 Å². The Balaban J connectivity index is 1.71. The third-order valence-electron chi connectivity index (χ3n) is 6.30. The van der Waals surface area contributed by atoms with Gasteiger partial charge in [0, 0.05) is 12.6 Å². The maximum atomic E-state index is 9.85. The monoisotopic (exact) mass is 271 g/mol. The summed E-state index contributed by atoms with van der Waals surface area (Å²) >= 11 is 0. The van der Waals surface area contributed by atoms with Gasteiger partial charge in [-0.1, -0.05) is 19.9 Å². The molecule has 2 bridgehead atoms. The van der Waals surface area contributed by atoms with Crippen molar-refractivity contribution in [3.63, 3.8) is 0 Å². The van der Waals surface area contributed by atoms with Crippen molar-refractivity contribution < 1.29 is 5.11 Å². The van der Waals surface area contributed by atoms with Crippen molar-refractivity contribution >= 4 is 0 Å². The van der Waals surface area contributed by atoms with E-state index in [1.54, 1.807) is 0 Å². The van der Waals surface area contributed by atoms with Gasteiger partial charge in [0.1, 0.15) is 5.75 Å². The quantitative estimate of drug-likeness (QED) is 0.892. The maximum absolute atomic E-state index is 9.85. The van der Waals surface area contributed by atoms with E-state index in [0.717, 1.165) is 5.92 Å². The van der Waals surface area contributed by atoms with Gasteiger partial charge in [0.25, 0.3) is 0 Å². The fourth-order valence-corrected chi connectivity index (χ4v) is 4.55. The molecular weight excluding hydrogens is 246 g/mol. The largest absolute Gasteiger partial charge is 0.508 e. The van der Waals surface area contributed by atoms with Crippen molar-refractivity contribution in [1.82, 2.24) is 4.90 Å². The second kappa shape index (κ2) is 4.24. The molecule has 2 fully saturated rings. The molecule has 2 aliphatic carbocycles. The van der Waals surface area contributed by atoms with Crippen molar-refractivity contribution in [2.45, 2.75) is 51.0 Å². The summed E-state index contributed by atoms with van der Waals surface area (Å²) in [5.41, 5.74) is 3.12. The lowest BCUT2D eigenvalue weighted by Crippen LogP contribution is -2.58. The van der Waals surface area contributed by atoms with Crippen molar-refractivity contribution in [2.24, 2.45) is 11.8 Å². The number of benzene rings is 1. The predicted molar refractivity (Wildman–Crippen MR) is 81.0 cm³/mol. The molecule has 1 aromatic carbocycles. The molecule has 2 heteroatoms. The van der Waals surface area contributed by atoms with Crippen LogP contribution in [-0.4, -0.2) is 29.1 Å². The van der Waals surface area contributed by atoms with Gasteiger partial charge in [-0.25, -0.2) is 0 Å². The average molecular weight is 271 g/mol. The van der Waals surface area contributed by atoms with Crippen LogP contribution in [-0.2, 0) is 11.8 Å². The molecule has 2 nitrogen and oxygen atoms in total. The normalized spacial score (nSPS) is 36.7. The van der Waals surface area contributed by atoms with Gasteiger partial charge in [-0.05, 0) is 72.7 Å². The standard InChI is InChI=1S/C18H25NO/c1-12-17-9-14-5-6-15(20)10-16(14)18(12,2)7-8-19(17)11-13-3-4-13/h5-6,10,12-13,17,20H,3-4,7-9,11H2,1-2H3/t12-,17?,18-/m0/s1. The summed E-state index contributed by atoms with van der Waals surface area (Å²) in [6.45, 7) is 7.39. The van der Waals surface area contributed by atoms with E-state index >= 15 is 0 Å². The van der Waals surface area contributed by atoms with E-state index in [1.807, 2.05) is 12.1 Å². The van der Waals surface area contributed by atoms with E-state index in [1.165, 1.54) is 49.9 Å². The first-order valence-corrected chi connectivity index (χ1v) is 8.14. The molecular formula is C18H25NO. The highest BCUT2D eigenvalue weighted by molar-refractivity contribution is 5.44. The molecule has 0 spiro atoms. The molecule has 1 saturated carbocycles. The highest BCUT2D eigenvalue weighted by Gasteiger charge is 2.48. The van der Waals surface area contributed by atoms with E-state index in [-0.39, 0.29) is 5.41 Å². The Morgan fingerprint density at radius 2 is 2.15 bits per heavy atom. The van der Waals surface area contributed by atoms with Crippen molar-refractivity contribution in [2.75, 3.05) is 13.1 Å². The third kappa shape index (κ3) is 1.81. The molecule has 1 unspecified atom stereocenters. The Hall–Kier alpha value is -1.02. The number of piperidine rings is 1. The second-order valence-corrected chi connectivity index (χ2v) is 7.51. The summed E-state index contributed by atoms with van der Waals surface area (Å²) in [6.07, 6.45) is 5.28. The highest BCUT2D eigenvalue weighted by atomic mass is 16.3. The smallest absolute Gasteiger partial charge is 0.115 e. The van der Waals surface area contributed by atoms with Gasteiger partial charge >= 0.3 is 0 Å². The van der Waals surface area contributed by atoms with Crippen LogP contribution in [0.25, 0.3) is 0 Å². The topological polar surface area (TPSA) is 23.5 Å². The number of nitrogens with zero attached hydrogens (tertiary/aromatic N) is 1. The highest BCUT2D eigenvalue weighted by Crippen LogP contribution is 2.49. The van der Waals surface area contributed by atoms with Crippen LogP contribution in [0.15, 0.2) is 18.2 Å². The van der Waals surface area contributed by atoms with E-state index < -0.39 is 0 Å². The number of phenolic OH excluding ortho intramolecular Hbond substituents is 1. The third-order valence-corrected chi connectivity index (χ3v) is 6.30. The number of phenols is 1. The number of rotatable bonds is 2. The van der Waals surface area contributed by atoms with Crippen LogP contribution in [0.4, 0.5) is 0 Å². The van der Waals surface area contributed by atoms with Crippen LogP contribution in [0.5, 0.6) is 5.75 Å². The molecule has 1 N–H and O–H groups in total. The van der Waals surface area contributed by atoms with E-state index in [9.17, 15) is 5.11 Å². The summed E-state index contributed by atoms with van der Waals surface area (Å²) in [5, 5.41) is 9.85. The summed E-state index contributed by atoms with van der Waals surface area (Å²) in [4.78, 5) is 2.76. The van der Waals surface area contributed by atoms with Gasteiger partial charge in [-0.3, -0.25) is 4.90 Å². The molecule has 1 heterocycles. The van der Waals surface area contributed by atoms with Crippen LogP contribution in [0, 0.1) is 11.8 Å². The van der Waals surface area contributed by atoms with E-state index in [2.05, 4.69) is 24.8 Å². The fraction of sp³-hybridized carbons (Fsp3) is 0.667. The lowest BCUT2D eigenvalue weighted by atomic mass is 9.59. The Kier molecular flexibility index (Phi) is 2.69. The van der Waals surface area contributed by atoms with Crippen molar-refractivity contribution in [3.05, 3.63) is 29.3 Å². The first-order chi connectivity index (χ1) is 9.58. The molecule has 3 aliphatic rings. The van der Waals surface area contributed by atoms with Gasteiger partial charge in [0.2, 0.25) is 0 Å². The molecule has 1 aromatic rings. The lowest BCUT2D eigenvalue weighted by Gasteiger charge is -2.54. The van der Waals surface area contributed by atoms with Crippen LogP contribution in [0.3, 0.4) is 0 Å². The fourth-order valence-electron chi connectivity index (χ4n) is 4.55. The van der Waals surface area contributed by atoms with Crippen LogP contribution in [0.1, 0.15) is 44.2 Å². The molecule has 20 heavy (non-hydrogen) atoms. The van der Waals surface area contributed by atoms with Gasteiger partial charge in [-0.15, -0.1) is 0 Å². The van der Waals surface area contributed by atoms with Gasteiger partial charge < -0.3 is 5.11 Å². The zero-order valence-electron chi connectivity index (χ0n) is 12.6. The van der Waals surface area contributed by atoms with Gasteiger partial charge in [0.15, 0.2) is 0 Å². The predicted octanol–water partition coefficient (Wildman–Crippen LogP) is 3.33. The number of hydrogen-bond acceptors (Lipinski definition) is 2. The number of hydrogen-bond donors (Lipinski definition) is 1. The zero-order valence-corrected chi connectivity index (χ0v) is 12.6. The van der Waals surface area contributed by atoms with Crippen molar-refractivity contribution in [1.29, 1.82) is 0 Å². The average Bonchev–Trinajstić information content (AvgIpc) is 3.22. The number of likely N-dealkylation sites (tertiary alicyclic amines) is 1. The van der Waals surface area contributed by atoms with Crippen molar-refractivity contribution in [3.8, 4) is 5.75 Å². The molecule has 0 radical (unpaired) electrons.